The van der Waals surface area contributed by atoms with Gasteiger partial charge in [0.15, 0.2) is 5.78 Å². The number of nitrogens with one attached hydrogen (secondary N) is 1. The van der Waals surface area contributed by atoms with Gasteiger partial charge in [-0.2, -0.15) is 0 Å². The Morgan fingerprint density at radius 3 is 2.63 bits per heavy atom. The van der Waals surface area contributed by atoms with Crippen molar-refractivity contribution in [2.24, 2.45) is 5.92 Å². The molecule has 4 rings (SSSR count). The van der Waals surface area contributed by atoms with Crippen molar-refractivity contribution in [2.75, 3.05) is 0 Å². The van der Waals surface area contributed by atoms with Gasteiger partial charge in [-0.15, -0.1) is 0 Å². The van der Waals surface area contributed by atoms with Crippen molar-refractivity contribution in [3.8, 4) is 0 Å². The van der Waals surface area contributed by atoms with Gasteiger partial charge in [0, 0.05) is 16.7 Å². The Balaban J connectivity index is 1.69. The maximum absolute atomic E-state index is 13.0. The Labute approximate surface area is 158 Å². The summed E-state index contributed by atoms with van der Waals surface area (Å²) in [5, 5.41) is 1.52. The Bertz CT molecular complexity index is 1140. The number of Topliss-reactive ketones (excluding diaryl/α,β-unsaturated/α-hetero) is 1. The van der Waals surface area contributed by atoms with E-state index in [-0.39, 0.29) is 22.7 Å². The van der Waals surface area contributed by atoms with E-state index in [9.17, 15) is 13.2 Å². The van der Waals surface area contributed by atoms with Crippen molar-refractivity contribution in [2.45, 2.75) is 24.8 Å². The first-order chi connectivity index (χ1) is 12.9. The molecule has 27 heavy (non-hydrogen) atoms. The largest absolute Gasteiger partial charge is 0.490 e. The van der Waals surface area contributed by atoms with E-state index in [4.69, 9.17) is 4.74 Å². The molecule has 0 fully saturated rings. The number of hydrogen-bond acceptors (Lipinski definition) is 4. The molecule has 0 saturated carbocycles. The lowest BCUT2D eigenvalue weighted by molar-refractivity contribution is -0.113. The van der Waals surface area contributed by atoms with Crippen LogP contribution in [0.5, 0.6) is 0 Å². The van der Waals surface area contributed by atoms with Crippen LogP contribution in [0.2, 0.25) is 0 Å². The molecule has 0 radical (unpaired) electrons. The molecule has 1 heterocycles. The van der Waals surface area contributed by atoms with Gasteiger partial charge in [0.1, 0.15) is 11.9 Å². The van der Waals surface area contributed by atoms with Crippen LogP contribution in [0, 0.1) is 5.92 Å². The number of fused-ring (bicyclic) bond motifs is 2. The zero-order valence-electron chi connectivity index (χ0n) is 15.0. The van der Waals surface area contributed by atoms with Crippen LogP contribution in [0.15, 0.2) is 82.6 Å². The summed E-state index contributed by atoms with van der Waals surface area (Å²) in [6, 6.07) is 12.5. The van der Waals surface area contributed by atoms with E-state index >= 15 is 0 Å². The molecule has 1 N–H and O–H groups in total. The highest BCUT2D eigenvalue weighted by molar-refractivity contribution is 7.89. The lowest BCUT2D eigenvalue weighted by Crippen LogP contribution is -2.27. The molecule has 1 aliphatic carbocycles. The van der Waals surface area contributed by atoms with Gasteiger partial charge < -0.3 is 4.74 Å². The lowest BCUT2D eigenvalue weighted by Gasteiger charge is -2.21. The number of benzene rings is 2. The molecule has 2 aliphatic rings. The summed E-state index contributed by atoms with van der Waals surface area (Å²) in [5.41, 5.74) is 1.02. The van der Waals surface area contributed by atoms with Crippen LogP contribution in [-0.4, -0.2) is 20.3 Å². The zero-order chi connectivity index (χ0) is 19.2. The van der Waals surface area contributed by atoms with Crippen molar-refractivity contribution in [3.63, 3.8) is 0 Å². The summed E-state index contributed by atoms with van der Waals surface area (Å²) in [7, 11) is -3.78. The molecule has 6 heteroatoms. The summed E-state index contributed by atoms with van der Waals surface area (Å²) >= 11 is 0. The number of sulfonamides is 1. The van der Waals surface area contributed by atoms with E-state index in [1.165, 1.54) is 6.92 Å². The summed E-state index contributed by atoms with van der Waals surface area (Å²) in [4.78, 5) is 12.2. The molecule has 0 aromatic heterocycles. The topological polar surface area (TPSA) is 72.5 Å². The number of ether oxygens (including phenoxy) is 1. The van der Waals surface area contributed by atoms with Gasteiger partial charge >= 0.3 is 0 Å². The number of ketones is 1. The quantitative estimate of drug-likeness (QED) is 0.880. The molecular weight excluding hydrogens is 362 g/mol. The maximum Gasteiger partial charge on any atom is 0.262 e. The Kier molecular flexibility index (Phi) is 4.15. The minimum atomic E-state index is -3.78. The van der Waals surface area contributed by atoms with Crippen molar-refractivity contribution >= 4 is 26.6 Å². The van der Waals surface area contributed by atoms with Crippen LogP contribution in [0.3, 0.4) is 0 Å². The summed E-state index contributed by atoms with van der Waals surface area (Å²) < 4.78 is 34.3. The second-order valence-electron chi connectivity index (χ2n) is 6.70. The molecule has 1 aliphatic heterocycles. The SMILES string of the molecule is CC(=O)C1=C(C)O[C@@H]2C=CC(NS(=O)(=O)c3cccc4ccccc34)=C[C@H]12. The number of hydrogen-bond donors (Lipinski definition) is 1. The maximum atomic E-state index is 13.0. The van der Waals surface area contributed by atoms with Gasteiger partial charge in [-0.1, -0.05) is 36.4 Å². The third-order valence-corrected chi connectivity index (χ3v) is 6.31. The van der Waals surface area contributed by atoms with Crippen molar-refractivity contribution < 1.29 is 17.9 Å². The molecule has 2 aromatic carbocycles. The Morgan fingerprint density at radius 2 is 1.85 bits per heavy atom. The Morgan fingerprint density at radius 1 is 1.11 bits per heavy atom. The third kappa shape index (κ3) is 3.06. The van der Waals surface area contributed by atoms with Gasteiger partial charge in [-0.3, -0.25) is 9.52 Å². The number of carbonyl (C=O) groups is 1. The van der Waals surface area contributed by atoms with Gasteiger partial charge in [-0.05, 0) is 43.5 Å². The second-order valence-corrected chi connectivity index (χ2v) is 8.35. The van der Waals surface area contributed by atoms with Gasteiger partial charge in [0.05, 0.1) is 10.8 Å². The van der Waals surface area contributed by atoms with E-state index in [0.717, 1.165) is 5.39 Å². The monoisotopic (exact) mass is 381 g/mol. The molecular formula is C21H19NO4S. The molecule has 0 spiro atoms. The minimum absolute atomic E-state index is 0.0668. The fourth-order valence-electron chi connectivity index (χ4n) is 3.72. The summed E-state index contributed by atoms with van der Waals surface area (Å²) in [5.74, 6) is 0.247. The van der Waals surface area contributed by atoms with Gasteiger partial charge in [-0.25, -0.2) is 8.42 Å². The molecule has 0 saturated heterocycles. The summed E-state index contributed by atoms with van der Waals surface area (Å²) in [6.07, 6.45) is 4.95. The molecule has 2 atom stereocenters. The highest BCUT2D eigenvalue weighted by Crippen LogP contribution is 2.36. The average Bonchev–Trinajstić information content (AvgIpc) is 2.96. The van der Waals surface area contributed by atoms with Crippen LogP contribution < -0.4 is 4.72 Å². The van der Waals surface area contributed by atoms with Crippen molar-refractivity contribution in [1.29, 1.82) is 0 Å². The van der Waals surface area contributed by atoms with E-state index in [1.54, 1.807) is 43.4 Å². The van der Waals surface area contributed by atoms with Crippen LogP contribution in [-0.2, 0) is 19.6 Å². The van der Waals surface area contributed by atoms with Crippen LogP contribution in [0.1, 0.15) is 13.8 Å². The smallest absolute Gasteiger partial charge is 0.262 e. The van der Waals surface area contributed by atoms with Crippen molar-refractivity contribution in [3.05, 3.63) is 77.7 Å². The molecule has 0 unspecified atom stereocenters. The molecule has 138 valence electrons. The number of rotatable bonds is 4. The van der Waals surface area contributed by atoms with Crippen molar-refractivity contribution in [1.82, 2.24) is 4.72 Å². The first kappa shape index (κ1) is 17.5. The van der Waals surface area contributed by atoms with Crippen LogP contribution in [0.4, 0.5) is 0 Å². The third-order valence-electron chi connectivity index (χ3n) is 4.87. The molecule has 5 nitrogen and oxygen atoms in total. The minimum Gasteiger partial charge on any atom is -0.490 e. The molecule has 0 bridgehead atoms. The fourth-order valence-corrected chi connectivity index (χ4v) is 5.00. The van der Waals surface area contributed by atoms with Crippen LogP contribution in [0.25, 0.3) is 10.8 Å². The molecule has 2 aromatic rings. The standard InChI is InChI=1S/C21H19NO4S/c1-13(23)21-14(2)26-19-11-10-16(12-18(19)21)22-27(24,25)20-9-5-7-15-6-3-4-8-17(15)20/h3-12,18-19,22H,1-2H3/t18-,19+/m0/s1. The Hall–Kier alpha value is -2.86. The van der Waals surface area contributed by atoms with E-state index in [1.807, 2.05) is 24.3 Å². The van der Waals surface area contributed by atoms with E-state index in [2.05, 4.69) is 4.72 Å². The van der Waals surface area contributed by atoms with Crippen LogP contribution >= 0.6 is 0 Å². The van der Waals surface area contributed by atoms with Gasteiger partial charge in [0.2, 0.25) is 0 Å². The van der Waals surface area contributed by atoms with E-state index < -0.39 is 10.0 Å². The highest BCUT2D eigenvalue weighted by atomic mass is 32.2. The number of carbonyl (C=O) groups excluding carboxylic acids is 1. The normalized spacial score (nSPS) is 21.6. The van der Waals surface area contributed by atoms with E-state index in [0.29, 0.717) is 22.4 Å². The first-order valence-electron chi connectivity index (χ1n) is 8.66. The zero-order valence-corrected chi connectivity index (χ0v) is 15.8. The van der Waals surface area contributed by atoms with Gasteiger partial charge in [0.25, 0.3) is 10.0 Å². The first-order valence-corrected chi connectivity index (χ1v) is 10.1. The average molecular weight is 381 g/mol. The number of allylic oxidation sites excluding steroid dienone is 2. The lowest BCUT2D eigenvalue weighted by atomic mass is 9.88. The predicted octanol–water partition coefficient (Wildman–Crippen LogP) is 3.45. The predicted molar refractivity (Wildman–Crippen MR) is 103 cm³/mol. The molecule has 0 amide bonds. The fraction of sp³-hybridized carbons (Fsp3) is 0.190. The second kappa shape index (κ2) is 6.39. The highest BCUT2D eigenvalue weighted by Gasteiger charge is 2.36. The summed E-state index contributed by atoms with van der Waals surface area (Å²) in [6.45, 7) is 3.26.